The van der Waals surface area contributed by atoms with Crippen LogP contribution in [0.3, 0.4) is 0 Å². The Morgan fingerprint density at radius 1 is 1.09 bits per heavy atom. The molecule has 0 radical (unpaired) electrons. The maximum atomic E-state index is 13.0. The van der Waals surface area contributed by atoms with E-state index in [1.54, 1.807) is 35.3 Å². The molecule has 0 aliphatic carbocycles. The third-order valence-corrected chi connectivity index (χ3v) is 3.73. The number of halogens is 1. The normalized spacial score (nSPS) is 11.8. The topological polar surface area (TPSA) is 67.4 Å². The molecule has 0 aliphatic rings. The van der Waals surface area contributed by atoms with Gasteiger partial charge in [-0.2, -0.15) is 5.26 Å². The van der Waals surface area contributed by atoms with Crippen LogP contribution in [0.4, 0.5) is 4.39 Å². The molecule has 0 saturated carbocycles. The summed E-state index contributed by atoms with van der Waals surface area (Å²) in [5.41, 5.74) is 2.69. The fourth-order valence-corrected chi connectivity index (χ4v) is 2.50. The van der Waals surface area contributed by atoms with Gasteiger partial charge in [0, 0.05) is 0 Å². The Hall–Kier alpha value is -3.07. The molecular weight excluding hydrogens is 293 g/mol. The van der Waals surface area contributed by atoms with Gasteiger partial charge in [-0.15, -0.1) is 5.10 Å². The van der Waals surface area contributed by atoms with Gasteiger partial charge in [0.15, 0.2) is 0 Å². The van der Waals surface area contributed by atoms with Crippen molar-refractivity contribution in [3.63, 3.8) is 0 Å². The van der Waals surface area contributed by atoms with Crippen LogP contribution in [0.1, 0.15) is 29.2 Å². The number of hydrogen-bond acceptors (Lipinski definition) is 4. The van der Waals surface area contributed by atoms with Crippen molar-refractivity contribution in [2.75, 3.05) is 0 Å². The number of nitriles is 1. The molecule has 2 aromatic carbocycles. The van der Waals surface area contributed by atoms with Gasteiger partial charge in [-0.05, 0) is 58.7 Å². The van der Waals surface area contributed by atoms with E-state index in [1.807, 2.05) is 12.1 Å². The van der Waals surface area contributed by atoms with E-state index in [9.17, 15) is 4.39 Å². The van der Waals surface area contributed by atoms with Crippen LogP contribution in [0.2, 0.25) is 0 Å². The molecule has 0 N–H and O–H groups in total. The van der Waals surface area contributed by atoms with Crippen LogP contribution in [0.5, 0.6) is 0 Å². The van der Waals surface area contributed by atoms with Crippen LogP contribution >= 0.6 is 0 Å². The maximum absolute atomic E-state index is 13.0. The summed E-state index contributed by atoms with van der Waals surface area (Å²) in [6, 6.07) is 15.9. The Kier molecular flexibility index (Phi) is 4.39. The van der Waals surface area contributed by atoms with Gasteiger partial charge >= 0.3 is 0 Å². The average Bonchev–Trinajstić information content (AvgIpc) is 3.12. The second-order valence-corrected chi connectivity index (χ2v) is 5.20. The molecule has 5 nitrogen and oxygen atoms in total. The summed E-state index contributed by atoms with van der Waals surface area (Å²) in [6.07, 6.45) is 3.11. The van der Waals surface area contributed by atoms with E-state index < -0.39 is 0 Å². The number of tetrazole rings is 1. The molecule has 1 atom stereocenters. The predicted octanol–water partition coefficient (Wildman–Crippen LogP) is 2.91. The lowest BCUT2D eigenvalue weighted by atomic mass is 9.98. The zero-order chi connectivity index (χ0) is 16.1. The molecule has 1 aromatic heterocycles. The zero-order valence-corrected chi connectivity index (χ0v) is 12.3. The zero-order valence-electron chi connectivity index (χ0n) is 12.3. The molecule has 0 saturated heterocycles. The van der Waals surface area contributed by atoms with Crippen molar-refractivity contribution >= 4 is 0 Å². The maximum Gasteiger partial charge on any atom is 0.138 e. The van der Waals surface area contributed by atoms with Gasteiger partial charge in [-0.25, -0.2) is 9.07 Å². The van der Waals surface area contributed by atoms with Crippen molar-refractivity contribution in [2.45, 2.75) is 18.9 Å². The van der Waals surface area contributed by atoms with Crippen LogP contribution in [-0.2, 0) is 6.42 Å². The van der Waals surface area contributed by atoms with Crippen molar-refractivity contribution in [3.05, 3.63) is 77.4 Å². The van der Waals surface area contributed by atoms with E-state index in [4.69, 9.17) is 5.26 Å². The molecule has 0 amide bonds. The van der Waals surface area contributed by atoms with Crippen molar-refractivity contribution in [2.24, 2.45) is 0 Å². The Balaban J connectivity index is 1.81. The minimum Gasteiger partial charge on any atom is -0.225 e. The Labute approximate surface area is 133 Å². The summed E-state index contributed by atoms with van der Waals surface area (Å²) in [7, 11) is 0. The number of hydrogen-bond donors (Lipinski definition) is 0. The highest BCUT2D eigenvalue weighted by Crippen LogP contribution is 2.23. The van der Waals surface area contributed by atoms with Gasteiger partial charge in [0.2, 0.25) is 0 Å². The molecule has 6 heteroatoms. The van der Waals surface area contributed by atoms with Gasteiger partial charge in [-0.1, -0.05) is 24.3 Å². The van der Waals surface area contributed by atoms with Crippen LogP contribution in [-0.4, -0.2) is 20.2 Å². The number of aryl methyl sites for hydroxylation is 1. The summed E-state index contributed by atoms with van der Waals surface area (Å²) in [5, 5.41) is 20.3. The number of aromatic nitrogens is 4. The van der Waals surface area contributed by atoms with Gasteiger partial charge < -0.3 is 0 Å². The summed E-state index contributed by atoms with van der Waals surface area (Å²) in [4.78, 5) is 0. The van der Waals surface area contributed by atoms with Crippen molar-refractivity contribution in [1.29, 1.82) is 5.26 Å². The van der Waals surface area contributed by atoms with Crippen LogP contribution in [0, 0.1) is 17.1 Å². The summed E-state index contributed by atoms with van der Waals surface area (Å²) in [5.74, 6) is -0.238. The molecule has 1 unspecified atom stereocenters. The van der Waals surface area contributed by atoms with E-state index in [2.05, 4.69) is 21.6 Å². The molecule has 0 fully saturated rings. The second kappa shape index (κ2) is 6.79. The first kappa shape index (κ1) is 14.9. The largest absolute Gasteiger partial charge is 0.225 e. The third-order valence-electron chi connectivity index (χ3n) is 3.73. The highest BCUT2D eigenvalue weighted by Gasteiger charge is 2.15. The lowest BCUT2D eigenvalue weighted by molar-refractivity contribution is 0.476. The van der Waals surface area contributed by atoms with E-state index in [1.165, 1.54) is 12.1 Å². The lowest BCUT2D eigenvalue weighted by Crippen LogP contribution is -2.13. The monoisotopic (exact) mass is 307 g/mol. The van der Waals surface area contributed by atoms with Crippen LogP contribution in [0.15, 0.2) is 54.9 Å². The smallest absolute Gasteiger partial charge is 0.138 e. The molecule has 3 aromatic rings. The highest BCUT2D eigenvalue weighted by atomic mass is 19.1. The van der Waals surface area contributed by atoms with Crippen molar-refractivity contribution in [1.82, 2.24) is 20.2 Å². The first-order chi connectivity index (χ1) is 11.3. The van der Waals surface area contributed by atoms with Gasteiger partial charge in [0.25, 0.3) is 0 Å². The first-order valence-corrected chi connectivity index (χ1v) is 7.23. The van der Waals surface area contributed by atoms with E-state index >= 15 is 0 Å². The van der Waals surface area contributed by atoms with Crippen LogP contribution in [0.25, 0.3) is 0 Å². The fourth-order valence-electron chi connectivity index (χ4n) is 2.50. The SMILES string of the molecule is N#Cc1ccc(C(CCc2ccc(F)cc2)n2cnnn2)cc1. The number of nitrogens with zero attached hydrogens (tertiary/aromatic N) is 5. The minimum atomic E-state index is -0.238. The summed E-state index contributed by atoms with van der Waals surface area (Å²) in [6.45, 7) is 0. The van der Waals surface area contributed by atoms with Gasteiger partial charge in [-0.3, -0.25) is 0 Å². The quantitative estimate of drug-likeness (QED) is 0.727. The first-order valence-electron chi connectivity index (χ1n) is 7.23. The molecule has 0 aliphatic heterocycles. The van der Waals surface area contributed by atoms with Crippen molar-refractivity contribution < 1.29 is 4.39 Å². The molecule has 23 heavy (non-hydrogen) atoms. The van der Waals surface area contributed by atoms with Gasteiger partial charge in [0.1, 0.15) is 12.1 Å². The Bertz CT molecular complexity index is 789. The third kappa shape index (κ3) is 3.58. The number of rotatable bonds is 5. The summed E-state index contributed by atoms with van der Waals surface area (Å²) >= 11 is 0. The molecule has 114 valence electrons. The van der Waals surface area contributed by atoms with E-state index in [0.29, 0.717) is 5.56 Å². The molecule has 3 rings (SSSR count). The predicted molar refractivity (Wildman–Crippen MR) is 81.8 cm³/mol. The fraction of sp³-hybridized carbons (Fsp3) is 0.176. The standard InChI is InChI=1S/C17H14FN5/c18-16-8-3-13(4-9-16)5-10-17(23-12-20-21-22-23)15-6-1-14(11-19)2-7-15/h1-4,6-9,12,17H,5,10H2. The average molecular weight is 307 g/mol. The van der Waals surface area contributed by atoms with E-state index in [-0.39, 0.29) is 11.9 Å². The molecule has 0 spiro atoms. The molecule has 1 heterocycles. The summed E-state index contributed by atoms with van der Waals surface area (Å²) < 4.78 is 14.7. The minimum absolute atomic E-state index is 0.0391. The lowest BCUT2D eigenvalue weighted by Gasteiger charge is -2.17. The van der Waals surface area contributed by atoms with Crippen LogP contribution < -0.4 is 0 Å². The second-order valence-electron chi connectivity index (χ2n) is 5.20. The molecule has 0 bridgehead atoms. The van der Waals surface area contributed by atoms with E-state index in [0.717, 1.165) is 24.0 Å². The Morgan fingerprint density at radius 3 is 2.43 bits per heavy atom. The van der Waals surface area contributed by atoms with Gasteiger partial charge in [0.05, 0.1) is 17.7 Å². The van der Waals surface area contributed by atoms with Crippen molar-refractivity contribution in [3.8, 4) is 6.07 Å². The molecular formula is C17H14FN5. The Morgan fingerprint density at radius 2 is 1.83 bits per heavy atom. The highest BCUT2D eigenvalue weighted by molar-refractivity contribution is 5.33. The number of benzene rings is 2.